The van der Waals surface area contributed by atoms with Crippen molar-refractivity contribution in [2.24, 2.45) is 0 Å². The van der Waals surface area contributed by atoms with Gasteiger partial charge in [-0.3, -0.25) is 9.59 Å². The van der Waals surface area contributed by atoms with E-state index in [1.54, 1.807) is 38.3 Å². The largest absolute Gasteiger partial charge is 0.497 e. The molecule has 0 radical (unpaired) electrons. The lowest BCUT2D eigenvalue weighted by Gasteiger charge is -2.23. The van der Waals surface area contributed by atoms with Gasteiger partial charge in [0, 0.05) is 25.3 Å². The predicted octanol–water partition coefficient (Wildman–Crippen LogP) is 1.52. The third kappa shape index (κ3) is 6.65. The van der Waals surface area contributed by atoms with E-state index in [-0.39, 0.29) is 17.9 Å². The van der Waals surface area contributed by atoms with Crippen molar-refractivity contribution >= 4 is 11.8 Å². The molecule has 2 unspecified atom stereocenters. The Morgan fingerprint density at radius 1 is 1.19 bits per heavy atom. The van der Waals surface area contributed by atoms with E-state index in [2.05, 4.69) is 10.6 Å². The van der Waals surface area contributed by atoms with Crippen LogP contribution in [0.25, 0.3) is 0 Å². The summed E-state index contributed by atoms with van der Waals surface area (Å²) < 4.78 is 16.2. The van der Waals surface area contributed by atoms with Crippen molar-refractivity contribution in [3.8, 4) is 5.75 Å². The van der Waals surface area contributed by atoms with E-state index in [0.29, 0.717) is 31.0 Å². The number of hydrogen-bond acceptors (Lipinski definition) is 5. The van der Waals surface area contributed by atoms with Gasteiger partial charge in [0.1, 0.15) is 11.9 Å². The van der Waals surface area contributed by atoms with Gasteiger partial charge in [-0.25, -0.2) is 0 Å². The Labute approximate surface area is 154 Å². The standard InChI is InChI=1S/C19H28N2O5/c1-14(26-13-17-5-3-4-12-25-17)18(22)20-10-11-21-19(23)15-6-8-16(24-2)9-7-15/h6-9,14,17H,3-5,10-13H2,1-2H3,(H,20,22)(H,21,23). The molecule has 1 heterocycles. The number of ether oxygens (including phenoxy) is 3. The van der Waals surface area contributed by atoms with Crippen LogP contribution in [0.3, 0.4) is 0 Å². The highest BCUT2D eigenvalue weighted by atomic mass is 16.5. The summed E-state index contributed by atoms with van der Waals surface area (Å²) in [5.41, 5.74) is 0.543. The first-order chi connectivity index (χ1) is 12.6. The zero-order valence-corrected chi connectivity index (χ0v) is 15.5. The Hall–Kier alpha value is -2.12. The van der Waals surface area contributed by atoms with Crippen LogP contribution in [0, 0.1) is 0 Å². The second kappa shape index (κ2) is 10.8. The number of nitrogens with one attached hydrogen (secondary N) is 2. The molecule has 1 aliphatic heterocycles. The second-order valence-electron chi connectivity index (χ2n) is 6.24. The van der Waals surface area contributed by atoms with Gasteiger partial charge in [0.05, 0.1) is 19.8 Å². The van der Waals surface area contributed by atoms with Gasteiger partial charge in [0.2, 0.25) is 5.91 Å². The van der Waals surface area contributed by atoms with Gasteiger partial charge in [-0.05, 0) is 50.5 Å². The minimum Gasteiger partial charge on any atom is -0.497 e. The van der Waals surface area contributed by atoms with E-state index >= 15 is 0 Å². The first-order valence-electron chi connectivity index (χ1n) is 9.03. The lowest BCUT2D eigenvalue weighted by atomic mass is 10.1. The van der Waals surface area contributed by atoms with Gasteiger partial charge < -0.3 is 24.8 Å². The van der Waals surface area contributed by atoms with Crippen LogP contribution in [0.4, 0.5) is 0 Å². The molecular formula is C19H28N2O5. The summed E-state index contributed by atoms with van der Waals surface area (Å²) in [7, 11) is 1.57. The van der Waals surface area contributed by atoms with Crippen LogP contribution >= 0.6 is 0 Å². The van der Waals surface area contributed by atoms with Crippen molar-refractivity contribution < 1.29 is 23.8 Å². The molecule has 2 rings (SSSR count). The van der Waals surface area contributed by atoms with Crippen molar-refractivity contribution in [2.75, 3.05) is 33.4 Å². The summed E-state index contributed by atoms with van der Waals surface area (Å²) in [6.45, 7) is 3.60. The summed E-state index contributed by atoms with van der Waals surface area (Å²) in [5, 5.41) is 5.51. The number of carbonyl (C=O) groups is 2. The van der Waals surface area contributed by atoms with Crippen LogP contribution in [0.15, 0.2) is 24.3 Å². The van der Waals surface area contributed by atoms with Crippen molar-refractivity contribution in [3.05, 3.63) is 29.8 Å². The summed E-state index contributed by atoms with van der Waals surface area (Å²) in [5.74, 6) is 0.307. The fourth-order valence-electron chi connectivity index (χ4n) is 2.62. The highest BCUT2D eigenvalue weighted by Gasteiger charge is 2.18. The first-order valence-corrected chi connectivity index (χ1v) is 9.03. The lowest BCUT2D eigenvalue weighted by Crippen LogP contribution is -2.40. The molecule has 0 saturated carbocycles. The lowest BCUT2D eigenvalue weighted by molar-refractivity contribution is -0.135. The van der Waals surface area contributed by atoms with Crippen molar-refractivity contribution in [1.82, 2.24) is 10.6 Å². The molecule has 1 saturated heterocycles. The predicted molar refractivity (Wildman–Crippen MR) is 97.3 cm³/mol. The average Bonchev–Trinajstić information content (AvgIpc) is 2.69. The fraction of sp³-hybridized carbons (Fsp3) is 0.579. The van der Waals surface area contributed by atoms with E-state index in [0.717, 1.165) is 25.9 Å². The normalized spacial score (nSPS) is 18.0. The van der Waals surface area contributed by atoms with Crippen molar-refractivity contribution in [2.45, 2.75) is 38.4 Å². The van der Waals surface area contributed by atoms with Gasteiger partial charge in [-0.15, -0.1) is 0 Å². The number of benzene rings is 1. The Morgan fingerprint density at radius 3 is 2.58 bits per heavy atom. The number of rotatable bonds is 9. The maximum absolute atomic E-state index is 12.0. The van der Waals surface area contributed by atoms with E-state index in [1.165, 1.54) is 0 Å². The van der Waals surface area contributed by atoms with Crippen molar-refractivity contribution in [3.63, 3.8) is 0 Å². The number of methoxy groups -OCH3 is 1. The monoisotopic (exact) mass is 364 g/mol. The molecule has 0 bridgehead atoms. The van der Waals surface area contributed by atoms with Gasteiger partial charge in [0.25, 0.3) is 5.91 Å². The molecule has 1 aliphatic rings. The third-order valence-electron chi connectivity index (χ3n) is 4.24. The van der Waals surface area contributed by atoms with Crippen LogP contribution < -0.4 is 15.4 Å². The van der Waals surface area contributed by atoms with Crippen molar-refractivity contribution in [1.29, 1.82) is 0 Å². The fourth-order valence-corrected chi connectivity index (χ4v) is 2.62. The van der Waals surface area contributed by atoms with Crippen LogP contribution in [0.1, 0.15) is 36.5 Å². The number of amides is 2. The zero-order valence-electron chi connectivity index (χ0n) is 15.5. The second-order valence-corrected chi connectivity index (χ2v) is 6.24. The summed E-state index contributed by atoms with van der Waals surface area (Å²) in [6.07, 6.45) is 2.75. The molecule has 144 valence electrons. The smallest absolute Gasteiger partial charge is 0.251 e. The highest BCUT2D eigenvalue weighted by Crippen LogP contribution is 2.13. The summed E-state index contributed by atoms with van der Waals surface area (Å²) in [4.78, 5) is 24.0. The number of carbonyl (C=O) groups excluding carboxylic acids is 2. The van der Waals surface area contributed by atoms with E-state index in [4.69, 9.17) is 14.2 Å². The molecule has 1 aromatic carbocycles. The third-order valence-corrected chi connectivity index (χ3v) is 4.24. The maximum atomic E-state index is 12.0. The molecule has 2 atom stereocenters. The molecule has 0 spiro atoms. The highest BCUT2D eigenvalue weighted by molar-refractivity contribution is 5.94. The Kier molecular flexibility index (Phi) is 8.37. The molecule has 1 aromatic rings. The maximum Gasteiger partial charge on any atom is 0.251 e. The molecule has 7 nitrogen and oxygen atoms in total. The zero-order chi connectivity index (χ0) is 18.8. The molecule has 7 heteroatoms. The molecule has 0 aliphatic carbocycles. The van der Waals surface area contributed by atoms with Crippen LogP contribution in [-0.4, -0.2) is 57.4 Å². The molecule has 2 N–H and O–H groups in total. The molecule has 2 amide bonds. The summed E-state index contributed by atoms with van der Waals surface area (Å²) >= 11 is 0. The van der Waals surface area contributed by atoms with Gasteiger partial charge in [-0.2, -0.15) is 0 Å². The van der Waals surface area contributed by atoms with E-state index in [1.807, 2.05) is 0 Å². The van der Waals surface area contributed by atoms with Gasteiger partial charge >= 0.3 is 0 Å². The van der Waals surface area contributed by atoms with Crippen LogP contribution in [-0.2, 0) is 14.3 Å². The molecular weight excluding hydrogens is 336 g/mol. The van der Waals surface area contributed by atoms with Crippen LogP contribution in [0.2, 0.25) is 0 Å². The van der Waals surface area contributed by atoms with Gasteiger partial charge in [-0.1, -0.05) is 0 Å². The Bertz CT molecular complexity index is 570. The van der Waals surface area contributed by atoms with Gasteiger partial charge in [0.15, 0.2) is 0 Å². The summed E-state index contributed by atoms with van der Waals surface area (Å²) in [6, 6.07) is 6.84. The number of hydrogen-bond donors (Lipinski definition) is 2. The minimum absolute atomic E-state index is 0.0859. The molecule has 1 fully saturated rings. The topological polar surface area (TPSA) is 85.9 Å². The quantitative estimate of drug-likeness (QED) is 0.649. The Morgan fingerprint density at radius 2 is 1.92 bits per heavy atom. The Balaban J connectivity index is 1.60. The molecule has 26 heavy (non-hydrogen) atoms. The SMILES string of the molecule is COc1ccc(C(=O)NCCNC(=O)C(C)OCC2CCCCO2)cc1. The average molecular weight is 364 g/mol. The van der Waals surface area contributed by atoms with E-state index in [9.17, 15) is 9.59 Å². The van der Waals surface area contributed by atoms with Crippen LogP contribution in [0.5, 0.6) is 5.75 Å². The molecule has 0 aromatic heterocycles. The minimum atomic E-state index is -0.544. The first kappa shape index (κ1) is 20.2. The van der Waals surface area contributed by atoms with E-state index < -0.39 is 6.10 Å².